The van der Waals surface area contributed by atoms with Crippen LogP contribution in [-0.2, 0) is 12.2 Å². The van der Waals surface area contributed by atoms with Crippen molar-refractivity contribution in [3.05, 3.63) is 82.4 Å². The molecule has 3 heterocycles. The smallest absolute Gasteiger partial charge is 0.263 e. The summed E-state index contributed by atoms with van der Waals surface area (Å²) >= 11 is 0. The van der Waals surface area contributed by atoms with E-state index in [1.54, 1.807) is 18.3 Å². The molecule has 0 aliphatic heterocycles. The van der Waals surface area contributed by atoms with Crippen LogP contribution in [0.15, 0.2) is 58.2 Å². The summed E-state index contributed by atoms with van der Waals surface area (Å²) in [5, 5.41) is 4.34. The van der Waals surface area contributed by atoms with E-state index in [0.717, 1.165) is 0 Å². The topological polar surface area (TPSA) is 86.7 Å². The number of aromatic nitrogens is 5. The Kier molecular flexibility index (Phi) is 3.97. The average molecular weight is 395 g/mol. The van der Waals surface area contributed by atoms with Crippen LogP contribution < -0.4 is 5.56 Å². The van der Waals surface area contributed by atoms with Gasteiger partial charge in [-0.05, 0) is 42.7 Å². The predicted octanol–water partition coefficient (Wildman–Crippen LogP) is 3.10. The first-order chi connectivity index (χ1) is 14.0. The SMILES string of the molecule is O=c1c2cccnc2ncn1Cc1nc(C2CC(F)(c3ccc(F)cc3)C2)no1. The van der Waals surface area contributed by atoms with Gasteiger partial charge in [0.1, 0.15) is 24.4 Å². The minimum Gasteiger partial charge on any atom is -0.337 e. The highest BCUT2D eigenvalue weighted by Crippen LogP contribution is 2.52. The largest absolute Gasteiger partial charge is 0.337 e. The van der Waals surface area contributed by atoms with Crippen molar-refractivity contribution in [2.45, 2.75) is 31.0 Å². The van der Waals surface area contributed by atoms with E-state index in [0.29, 0.717) is 22.4 Å². The van der Waals surface area contributed by atoms with Crippen molar-refractivity contribution < 1.29 is 13.3 Å². The van der Waals surface area contributed by atoms with Gasteiger partial charge in [-0.3, -0.25) is 9.36 Å². The van der Waals surface area contributed by atoms with Gasteiger partial charge in [0.15, 0.2) is 11.5 Å². The maximum absolute atomic E-state index is 15.0. The Labute approximate surface area is 163 Å². The number of rotatable bonds is 4. The van der Waals surface area contributed by atoms with E-state index in [2.05, 4.69) is 20.1 Å². The molecule has 0 spiro atoms. The van der Waals surface area contributed by atoms with Gasteiger partial charge in [0.25, 0.3) is 5.56 Å². The second-order valence-corrected chi connectivity index (χ2v) is 7.18. The van der Waals surface area contributed by atoms with E-state index in [1.165, 1.54) is 35.2 Å². The number of pyridine rings is 1. The van der Waals surface area contributed by atoms with Crippen LogP contribution >= 0.6 is 0 Å². The molecule has 0 radical (unpaired) electrons. The second kappa shape index (κ2) is 6.54. The van der Waals surface area contributed by atoms with Gasteiger partial charge in [-0.2, -0.15) is 4.98 Å². The number of halogens is 2. The summed E-state index contributed by atoms with van der Waals surface area (Å²) in [6, 6.07) is 8.74. The van der Waals surface area contributed by atoms with Gasteiger partial charge in [0.05, 0.1) is 5.39 Å². The van der Waals surface area contributed by atoms with Crippen LogP contribution in [0.2, 0.25) is 0 Å². The molecule has 146 valence electrons. The van der Waals surface area contributed by atoms with Crippen molar-refractivity contribution in [3.63, 3.8) is 0 Å². The molecule has 9 heteroatoms. The Balaban J connectivity index is 1.32. The van der Waals surface area contributed by atoms with Crippen LogP contribution in [0.5, 0.6) is 0 Å². The Morgan fingerprint density at radius 2 is 1.97 bits per heavy atom. The molecule has 1 fully saturated rings. The molecule has 7 nitrogen and oxygen atoms in total. The Morgan fingerprint density at radius 1 is 1.17 bits per heavy atom. The number of nitrogens with zero attached hydrogens (tertiary/aromatic N) is 5. The molecule has 0 amide bonds. The first-order valence-corrected chi connectivity index (χ1v) is 9.09. The highest BCUT2D eigenvalue weighted by atomic mass is 19.1. The lowest BCUT2D eigenvalue weighted by molar-refractivity contribution is 0.0335. The van der Waals surface area contributed by atoms with Crippen LogP contribution in [0, 0.1) is 5.82 Å². The molecule has 1 aliphatic rings. The molecule has 0 saturated heterocycles. The zero-order valence-electron chi connectivity index (χ0n) is 15.1. The minimum absolute atomic E-state index is 0.0646. The normalized spacial score (nSPS) is 21.2. The fourth-order valence-electron chi connectivity index (χ4n) is 3.64. The summed E-state index contributed by atoms with van der Waals surface area (Å²) in [6.45, 7) is 0.0646. The van der Waals surface area contributed by atoms with Crippen LogP contribution in [-0.4, -0.2) is 24.7 Å². The molecule has 4 aromatic rings. The van der Waals surface area contributed by atoms with Crippen LogP contribution in [0.3, 0.4) is 0 Å². The van der Waals surface area contributed by atoms with Crippen molar-refractivity contribution in [2.24, 2.45) is 0 Å². The van der Waals surface area contributed by atoms with Gasteiger partial charge in [-0.15, -0.1) is 0 Å². The molecule has 5 rings (SSSR count). The van der Waals surface area contributed by atoms with Crippen LogP contribution in [0.4, 0.5) is 8.78 Å². The summed E-state index contributed by atoms with van der Waals surface area (Å²) in [7, 11) is 0. The van der Waals surface area contributed by atoms with Crippen molar-refractivity contribution in [2.75, 3.05) is 0 Å². The lowest BCUT2D eigenvalue weighted by atomic mass is 9.68. The zero-order chi connectivity index (χ0) is 20.0. The van der Waals surface area contributed by atoms with Gasteiger partial charge in [-0.1, -0.05) is 17.3 Å². The highest BCUT2D eigenvalue weighted by Gasteiger charge is 2.48. The van der Waals surface area contributed by atoms with Gasteiger partial charge < -0.3 is 4.52 Å². The second-order valence-electron chi connectivity index (χ2n) is 7.18. The Hall–Kier alpha value is -3.49. The average Bonchev–Trinajstić information content (AvgIpc) is 3.16. The van der Waals surface area contributed by atoms with Gasteiger partial charge >= 0.3 is 0 Å². The third-order valence-corrected chi connectivity index (χ3v) is 5.25. The van der Waals surface area contributed by atoms with E-state index >= 15 is 0 Å². The molecule has 0 bridgehead atoms. The van der Waals surface area contributed by atoms with E-state index in [9.17, 15) is 13.6 Å². The monoisotopic (exact) mass is 395 g/mol. The molecule has 3 aromatic heterocycles. The highest BCUT2D eigenvalue weighted by molar-refractivity contribution is 5.72. The van der Waals surface area contributed by atoms with Gasteiger partial charge in [0.2, 0.25) is 5.89 Å². The third kappa shape index (κ3) is 3.08. The van der Waals surface area contributed by atoms with Crippen molar-refractivity contribution >= 4 is 11.0 Å². The van der Waals surface area contributed by atoms with E-state index in [4.69, 9.17) is 4.52 Å². The Bertz CT molecular complexity index is 1250. The molecule has 1 aliphatic carbocycles. The maximum Gasteiger partial charge on any atom is 0.263 e. The van der Waals surface area contributed by atoms with E-state index < -0.39 is 11.5 Å². The maximum atomic E-state index is 15.0. The van der Waals surface area contributed by atoms with Crippen LogP contribution in [0.25, 0.3) is 11.0 Å². The fraction of sp³-hybridized carbons (Fsp3) is 0.250. The fourth-order valence-corrected chi connectivity index (χ4v) is 3.64. The molecule has 1 aromatic carbocycles. The lowest BCUT2D eigenvalue weighted by Gasteiger charge is -2.40. The summed E-state index contributed by atoms with van der Waals surface area (Å²) in [6.07, 6.45) is 3.34. The number of alkyl halides is 1. The minimum atomic E-state index is -1.52. The number of benzene rings is 1. The third-order valence-electron chi connectivity index (χ3n) is 5.25. The molecule has 29 heavy (non-hydrogen) atoms. The Morgan fingerprint density at radius 3 is 2.76 bits per heavy atom. The molecule has 0 atom stereocenters. The lowest BCUT2D eigenvalue weighted by Crippen LogP contribution is -2.36. The van der Waals surface area contributed by atoms with E-state index in [1.807, 2.05) is 0 Å². The number of hydrogen-bond donors (Lipinski definition) is 0. The van der Waals surface area contributed by atoms with Gasteiger partial charge in [0, 0.05) is 12.1 Å². The molecule has 1 saturated carbocycles. The molecular weight excluding hydrogens is 380 g/mol. The molecule has 0 N–H and O–H groups in total. The first kappa shape index (κ1) is 17.6. The predicted molar refractivity (Wildman–Crippen MR) is 98.4 cm³/mol. The summed E-state index contributed by atoms with van der Waals surface area (Å²) in [4.78, 5) is 25.0. The van der Waals surface area contributed by atoms with Gasteiger partial charge in [-0.25, -0.2) is 18.7 Å². The molecule has 0 unspecified atom stereocenters. The molecular formula is C20H15F2N5O2. The standard InChI is InChI=1S/C20H15F2N5O2/c21-14-5-3-13(4-6-14)20(22)8-12(9-20)17-25-16(29-26-17)10-27-11-24-18-15(19(27)28)2-1-7-23-18/h1-7,11-12H,8-10H2. The summed E-state index contributed by atoms with van der Waals surface area (Å²) < 4.78 is 34.6. The number of fused-ring (bicyclic) bond motifs is 1. The number of hydrogen-bond acceptors (Lipinski definition) is 6. The zero-order valence-corrected chi connectivity index (χ0v) is 15.1. The van der Waals surface area contributed by atoms with Crippen molar-refractivity contribution in [1.29, 1.82) is 0 Å². The van der Waals surface area contributed by atoms with Crippen molar-refractivity contribution in [1.82, 2.24) is 24.7 Å². The summed E-state index contributed by atoms with van der Waals surface area (Å²) in [5.41, 5.74) is -0.966. The quantitative estimate of drug-likeness (QED) is 0.528. The van der Waals surface area contributed by atoms with Crippen LogP contribution in [0.1, 0.15) is 36.0 Å². The van der Waals surface area contributed by atoms with Crippen molar-refractivity contribution in [3.8, 4) is 0 Å². The van der Waals surface area contributed by atoms with E-state index in [-0.39, 0.29) is 36.8 Å². The summed E-state index contributed by atoms with van der Waals surface area (Å²) in [5.74, 6) is 0.0487. The first-order valence-electron chi connectivity index (χ1n) is 9.09.